The molecule has 1 fully saturated rings. The number of thioether (sulfide) groups is 1. The van der Waals surface area contributed by atoms with Crippen molar-refractivity contribution in [3.63, 3.8) is 0 Å². The van der Waals surface area contributed by atoms with Crippen molar-refractivity contribution in [1.82, 2.24) is 29.8 Å². The van der Waals surface area contributed by atoms with Gasteiger partial charge in [0.1, 0.15) is 0 Å². The maximum Gasteiger partial charge on any atom is 0.237 e. The molecule has 8 heteroatoms. The Morgan fingerprint density at radius 1 is 0.969 bits per heavy atom. The molecular formula is C24H26N6OS. The van der Waals surface area contributed by atoms with E-state index in [1.807, 2.05) is 30.3 Å². The molecular weight excluding hydrogens is 420 g/mol. The Labute approximate surface area is 191 Å². The summed E-state index contributed by atoms with van der Waals surface area (Å²) in [5.74, 6) is 2.69. The Morgan fingerprint density at radius 3 is 2.50 bits per heavy atom. The van der Waals surface area contributed by atoms with Gasteiger partial charge in [-0.2, -0.15) is 4.98 Å². The normalized spacial score (nSPS) is 14.3. The van der Waals surface area contributed by atoms with Crippen molar-refractivity contribution >= 4 is 11.8 Å². The molecule has 7 nitrogen and oxygen atoms in total. The van der Waals surface area contributed by atoms with Crippen LogP contribution in [0.5, 0.6) is 0 Å². The smallest absolute Gasteiger partial charge is 0.237 e. The quantitative estimate of drug-likeness (QED) is 0.361. The number of nitrogens with zero attached hydrogens (tertiary/aromatic N) is 6. The molecule has 1 saturated heterocycles. The lowest BCUT2D eigenvalue weighted by Gasteiger charge is -2.15. The van der Waals surface area contributed by atoms with Crippen LogP contribution in [0.25, 0.3) is 17.1 Å². The molecule has 0 radical (unpaired) electrons. The fourth-order valence-corrected chi connectivity index (χ4v) is 4.73. The third-order valence-electron chi connectivity index (χ3n) is 5.69. The Balaban J connectivity index is 1.34. The van der Waals surface area contributed by atoms with E-state index in [1.165, 1.54) is 18.4 Å². The summed E-state index contributed by atoms with van der Waals surface area (Å²) in [6.07, 6.45) is 3.51. The molecule has 0 amide bonds. The van der Waals surface area contributed by atoms with Gasteiger partial charge in [0.05, 0.1) is 12.3 Å². The van der Waals surface area contributed by atoms with Gasteiger partial charge in [-0.15, -0.1) is 10.2 Å². The van der Waals surface area contributed by atoms with Crippen molar-refractivity contribution in [2.75, 3.05) is 13.1 Å². The molecule has 2 aromatic heterocycles. The standard InChI is InChI=1S/C24H26N6OS/c1-2-18-10-12-19(13-11-18)23-25-22(31-28-23)17-32-24-27-26-21(16-29-14-6-7-15-29)30(24)20-8-4-3-5-9-20/h3-5,8-13H,2,6-7,14-17H2,1H3. The number of hydrogen-bond donors (Lipinski definition) is 0. The first-order valence-corrected chi connectivity index (χ1v) is 12.1. The maximum absolute atomic E-state index is 5.51. The highest BCUT2D eigenvalue weighted by Gasteiger charge is 2.20. The lowest BCUT2D eigenvalue weighted by molar-refractivity contribution is 0.319. The molecule has 32 heavy (non-hydrogen) atoms. The van der Waals surface area contributed by atoms with Crippen LogP contribution in [0.3, 0.4) is 0 Å². The van der Waals surface area contributed by atoms with Crippen LogP contribution in [-0.2, 0) is 18.7 Å². The summed E-state index contributed by atoms with van der Waals surface area (Å²) in [7, 11) is 0. The van der Waals surface area contributed by atoms with Gasteiger partial charge in [0.15, 0.2) is 11.0 Å². The summed E-state index contributed by atoms with van der Waals surface area (Å²) in [6, 6.07) is 18.6. The first-order chi connectivity index (χ1) is 15.8. The third kappa shape index (κ3) is 4.61. The van der Waals surface area contributed by atoms with Crippen LogP contribution in [0.4, 0.5) is 0 Å². The van der Waals surface area contributed by atoms with Gasteiger partial charge < -0.3 is 4.52 Å². The van der Waals surface area contributed by atoms with E-state index in [0.717, 1.165) is 48.3 Å². The predicted molar refractivity (Wildman–Crippen MR) is 125 cm³/mol. The fourth-order valence-electron chi connectivity index (χ4n) is 3.92. The number of hydrogen-bond acceptors (Lipinski definition) is 7. The largest absolute Gasteiger partial charge is 0.338 e. The molecule has 0 saturated carbocycles. The second-order valence-corrected chi connectivity index (χ2v) is 8.85. The highest BCUT2D eigenvalue weighted by Crippen LogP contribution is 2.27. The van der Waals surface area contributed by atoms with Crippen molar-refractivity contribution in [2.24, 2.45) is 0 Å². The molecule has 0 N–H and O–H groups in total. The van der Waals surface area contributed by atoms with Crippen molar-refractivity contribution in [2.45, 2.75) is 43.6 Å². The third-order valence-corrected chi connectivity index (χ3v) is 6.61. The van der Waals surface area contributed by atoms with Gasteiger partial charge >= 0.3 is 0 Å². The summed E-state index contributed by atoms with van der Waals surface area (Å²) < 4.78 is 7.65. The van der Waals surface area contributed by atoms with E-state index in [0.29, 0.717) is 17.5 Å². The monoisotopic (exact) mass is 446 g/mol. The number of rotatable bonds is 8. The molecule has 1 aliphatic rings. The molecule has 164 valence electrons. The zero-order valence-corrected chi connectivity index (χ0v) is 19.0. The molecule has 2 aromatic carbocycles. The Kier molecular flexibility index (Phi) is 6.31. The molecule has 0 unspecified atom stereocenters. The van der Waals surface area contributed by atoms with E-state index in [9.17, 15) is 0 Å². The average molecular weight is 447 g/mol. The number of likely N-dealkylation sites (tertiary alicyclic amines) is 1. The van der Waals surface area contributed by atoms with Crippen LogP contribution >= 0.6 is 11.8 Å². The summed E-state index contributed by atoms with van der Waals surface area (Å²) in [5.41, 5.74) is 3.32. The second kappa shape index (κ2) is 9.67. The Hall–Kier alpha value is -2.97. The molecule has 5 rings (SSSR count). The van der Waals surface area contributed by atoms with Gasteiger partial charge in [0.2, 0.25) is 11.7 Å². The maximum atomic E-state index is 5.51. The van der Waals surface area contributed by atoms with Crippen LogP contribution in [0.15, 0.2) is 64.3 Å². The van der Waals surface area contributed by atoms with Crippen molar-refractivity contribution < 1.29 is 4.52 Å². The number of aryl methyl sites for hydroxylation is 1. The summed E-state index contributed by atoms with van der Waals surface area (Å²) in [6.45, 7) is 5.19. The number of para-hydroxylation sites is 1. The molecule has 1 aliphatic heterocycles. The van der Waals surface area contributed by atoms with Crippen molar-refractivity contribution in [3.8, 4) is 17.1 Å². The van der Waals surface area contributed by atoms with E-state index >= 15 is 0 Å². The lowest BCUT2D eigenvalue weighted by atomic mass is 10.1. The van der Waals surface area contributed by atoms with E-state index in [-0.39, 0.29) is 0 Å². The minimum atomic E-state index is 0.536. The van der Waals surface area contributed by atoms with Crippen LogP contribution < -0.4 is 0 Å². The summed E-state index contributed by atoms with van der Waals surface area (Å²) >= 11 is 1.56. The zero-order chi connectivity index (χ0) is 21.8. The van der Waals surface area contributed by atoms with Gasteiger partial charge in [-0.3, -0.25) is 9.47 Å². The minimum absolute atomic E-state index is 0.536. The van der Waals surface area contributed by atoms with Crippen LogP contribution in [0.2, 0.25) is 0 Å². The molecule has 0 aliphatic carbocycles. The second-order valence-electron chi connectivity index (χ2n) is 7.90. The van der Waals surface area contributed by atoms with Gasteiger partial charge in [0.25, 0.3) is 0 Å². The summed E-state index contributed by atoms with van der Waals surface area (Å²) in [4.78, 5) is 7.02. The highest BCUT2D eigenvalue weighted by molar-refractivity contribution is 7.98. The fraction of sp³-hybridized carbons (Fsp3) is 0.333. The molecule has 0 bridgehead atoms. The molecule has 0 spiro atoms. The van der Waals surface area contributed by atoms with E-state index in [1.54, 1.807) is 11.8 Å². The number of aromatic nitrogens is 5. The minimum Gasteiger partial charge on any atom is -0.338 e. The molecule has 3 heterocycles. The molecule has 0 atom stereocenters. The predicted octanol–water partition coefficient (Wildman–Crippen LogP) is 4.77. The summed E-state index contributed by atoms with van der Waals surface area (Å²) in [5, 5.41) is 14.0. The SMILES string of the molecule is CCc1ccc(-c2noc(CSc3nnc(CN4CCCC4)n3-c3ccccc3)n2)cc1. The highest BCUT2D eigenvalue weighted by atomic mass is 32.2. The lowest BCUT2D eigenvalue weighted by Crippen LogP contribution is -2.21. The van der Waals surface area contributed by atoms with Crippen molar-refractivity contribution in [1.29, 1.82) is 0 Å². The average Bonchev–Trinajstić information content (AvgIpc) is 3.60. The first kappa shape index (κ1) is 20.9. The van der Waals surface area contributed by atoms with E-state index in [4.69, 9.17) is 4.52 Å². The van der Waals surface area contributed by atoms with Gasteiger partial charge in [-0.25, -0.2) is 0 Å². The van der Waals surface area contributed by atoms with Crippen molar-refractivity contribution in [3.05, 3.63) is 71.9 Å². The van der Waals surface area contributed by atoms with E-state index < -0.39 is 0 Å². The first-order valence-electron chi connectivity index (χ1n) is 11.1. The van der Waals surface area contributed by atoms with Crippen LogP contribution in [0.1, 0.15) is 37.0 Å². The van der Waals surface area contributed by atoms with E-state index in [2.05, 4.69) is 61.0 Å². The number of benzene rings is 2. The zero-order valence-electron chi connectivity index (χ0n) is 18.1. The Bertz CT molecular complexity index is 1150. The van der Waals surface area contributed by atoms with Gasteiger partial charge in [-0.05, 0) is 50.0 Å². The van der Waals surface area contributed by atoms with Gasteiger partial charge in [0, 0.05) is 11.3 Å². The Morgan fingerprint density at radius 2 is 1.75 bits per heavy atom. The molecule has 4 aromatic rings. The van der Waals surface area contributed by atoms with Crippen LogP contribution in [0, 0.1) is 0 Å². The van der Waals surface area contributed by atoms with Gasteiger partial charge in [-0.1, -0.05) is 66.3 Å². The van der Waals surface area contributed by atoms with Crippen LogP contribution in [-0.4, -0.2) is 42.9 Å². The topological polar surface area (TPSA) is 72.9 Å².